The van der Waals surface area contributed by atoms with E-state index in [1.165, 1.54) is 0 Å². The van der Waals surface area contributed by atoms with Gasteiger partial charge in [0.05, 0.1) is 10.5 Å². The zero-order valence-electron chi connectivity index (χ0n) is 10.3. The minimum atomic E-state index is -0.383. The van der Waals surface area contributed by atoms with Gasteiger partial charge in [0.2, 0.25) is 0 Å². The Labute approximate surface area is 135 Å². The number of nitrogens with two attached hydrogens (primary N) is 1. The molecule has 1 unspecified atom stereocenters. The van der Waals surface area contributed by atoms with Crippen LogP contribution in [0.2, 0.25) is 10.0 Å². The van der Waals surface area contributed by atoms with Gasteiger partial charge >= 0.3 is 0 Å². The summed E-state index contributed by atoms with van der Waals surface area (Å²) in [6, 6.07) is 9.92. The molecule has 0 fully saturated rings. The lowest BCUT2D eigenvalue weighted by Gasteiger charge is -2.18. The maximum absolute atomic E-state index is 14.1. The van der Waals surface area contributed by atoms with Crippen molar-refractivity contribution < 1.29 is 4.39 Å². The maximum Gasteiger partial charge on any atom is 0.142 e. The van der Waals surface area contributed by atoms with Crippen LogP contribution in [0.4, 0.5) is 4.39 Å². The van der Waals surface area contributed by atoms with Crippen molar-refractivity contribution in [3.63, 3.8) is 0 Å². The van der Waals surface area contributed by atoms with E-state index in [1.807, 2.05) is 6.07 Å². The largest absolute Gasteiger partial charge is 0.271 e. The molecule has 0 saturated heterocycles. The first kappa shape index (κ1) is 15.7. The predicted octanol–water partition coefficient (Wildman–Crippen LogP) is 4.64. The summed E-state index contributed by atoms with van der Waals surface area (Å²) in [5.41, 5.74) is 3.95. The summed E-state index contributed by atoms with van der Waals surface area (Å²) in [6.45, 7) is 0. The highest BCUT2D eigenvalue weighted by Gasteiger charge is 2.18. The van der Waals surface area contributed by atoms with E-state index in [1.54, 1.807) is 30.3 Å². The molecular formula is C14H12BrCl2FN2. The van der Waals surface area contributed by atoms with Gasteiger partial charge in [0.25, 0.3) is 0 Å². The van der Waals surface area contributed by atoms with Crippen molar-refractivity contribution in [2.45, 2.75) is 12.5 Å². The number of rotatable bonds is 4. The first-order valence-corrected chi connectivity index (χ1v) is 7.41. The van der Waals surface area contributed by atoms with Gasteiger partial charge in [-0.15, -0.1) is 0 Å². The molecule has 20 heavy (non-hydrogen) atoms. The van der Waals surface area contributed by atoms with Crippen LogP contribution in [0.5, 0.6) is 0 Å². The summed E-state index contributed by atoms with van der Waals surface area (Å²) in [7, 11) is 0. The molecule has 0 heterocycles. The molecule has 0 spiro atoms. The van der Waals surface area contributed by atoms with Crippen molar-refractivity contribution in [3.05, 3.63) is 67.9 Å². The van der Waals surface area contributed by atoms with Crippen molar-refractivity contribution >= 4 is 39.1 Å². The Bertz CT molecular complexity index is 622. The lowest BCUT2D eigenvalue weighted by molar-refractivity contribution is 0.508. The number of nitrogens with one attached hydrogen (secondary N) is 1. The van der Waals surface area contributed by atoms with Gasteiger partial charge < -0.3 is 0 Å². The third-order valence-electron chi connectivity index (χ3n) is 3.00. The molecule has 0 radical (unpaired) electrons. The van der Waals surface area contributed by atoms with Gasteiger partial charge in [-0.3, -0.25) is 11.3 Å². The molecule has 2 aromatic carbocycles. The predicted molar refractivity (Wildman–Crippen MR) is 84.3 cm³/mol. The van der Waals surface area contributed by atoms with E-state index < -0.39 is 0 Å². The van der Waals surface area contributed by atoms with E-state index in [9.17, 15) is 4.39 Å². The average molecular weight is 378 g/mol. The average Bonchev–Trinajstić information content (AvgIpc) is 2.42. The zero-order chi connectivity index (χ0) is 14.7. The monoisotopic (exact) mass is 376 g/mol. The van der Waals surface area contributed by atoms with Crippen LogP contribution in [-0.2, 0) is 6.42 Å². The molecule has 3 N–H and O–H groups in total. The second-order valence-electron chi connectivity index (χ2n) is 4.30. The van der Waals surface area contributed by atoms with Crippen LogP contribution in [0.1, 0.15) is 17.2 Å². The van der Waals surface area contributed by atoms with E-state index in [0.29, 0.717) is 26.5 Å². The van der Waals surface area contributed by atoms with E-state index >= 15 is 0 Å². The van der Waals surface area contributed by atoms with Crippen molar-refractivity contribution in [1.29, 1.82) is 0 Å². The molecule has 0 aliphatic rings. The second kappa shape index (κ2) is 6.87. The fourth-order valence-electron chi connectivity index (χ4n) is 1.96. The van der Waals surface area contributed by atoms with Crippen molar-refractivity contribution in [3.8, 4) is 0 Å². The lowest BCUT2D eigenvalue weighted by Crippen LogP contribution is -2.30. The molecule has 0 saturated carbocycles. The van der Waals surface area contributed by atoms with Gasteiger partial charge in [0, 0.05) is 15.6 Å². The van der Waals surface area contributed by atoms with Crippen molar-refractivity contribution in [2.75, 3.05) is 0 Å². The van der Waals surface area contributed by atoms with Crippen molar-refractivity contribution in [2.24, 2.45) is 5.84 Å². The molecule has 6 heteroatoms. The van der Waals surface area contributed by atoms with Crippen LogP contribution in [0.15, 0.2) is 40.9 Å². The highest BCUT2D eigenvalue weighted by Crippen LogP contribution is 2.29. The van der Waals surface area contributed by atoms with E-state index in [0.717, 1.165) is 5.56 Å². The SMILES string of the molecule is NNC(Cc1ccc(Cl)cc1Cl)c1cccc(Br)c1F. The van der Waals surface area contributed by atoms with Gasteiger partial charge in [-0.05, 0) is 46.1 Å². The minimum Gasteiger partial charge on any atom is -0.271 e. The van der Waals surface area contributed by atoms with Gasteiger partial charge in [-0.25, -0.2) is 4.39 Å². The Morgan fingerprint density at radius 2 is 2.00 bits per heavy atom. The summed E-state index contributed by atoms with van der Waals surface area (Å²) in [5.74, 6) is 5.22. The minimum absolute atomic E-state index is 0.333. The lowest BCUT2D eigenvalue weighted by atomic mass is 9.99. The molecule has 0 bridgehead atoms. The Kier molecular flexibility index (Phi) is 5.41. The quantitative estimate of drug-likeness (QED) is 0.601. The number of halogens is 4. The normalized spacial score (nSPS) is 12.4. The smallest absolute Gasteiger partial charge is 0.142 e. The molecule has 0 aliphatic carbocycles. The van der Waals surface area contributed by atoms with E-state index in [4.69, 9.17) is 29.0 Å². The Morgan fingerprint density at radius 3 is 2.65 bits per heavy atom. The molecule has 0 aromatic heterocycles. The van der Waals surface area contributed by atoms with Crippen LogP contribution in [0.3, 0.4) is 0 Å². The van der Waals surface area contributed by atoms with Gasteiger partial charge in [0.1, 0.15) is 5.82 Å². The van der Waals surface area contributed by atoms with Gasteiger partial charge in [-0.1, -0.05) is 41.4 Å². The summed E-state index contributed by atoms with van der Waals surface area (Å²) in [4.78, 5) is 0. The fourth-order valence-corrected chi connectivity index (χ4v) is 2.82. The van der Waals surface area contributed by atoms with E-state index in [2.05, 4.69) is 21.4 Å². The molecule has 2 rings (SSSR count). The van der Waals surface area contributed by atoms with Crippen LogP contribution in [0, 0.1) is 5.82 Å². The molecule has 106 valence electrons. The number of hydrazine groups is 1. The highest BCUT2D eigenvalue weighted by molar-refractivity contribution is 9.10. The Morgan fingerprint density at radius 1 is 1.25 bits per heavy atom. The number of hydrogen-bond donors (Lipinski definition) is 2. The number of benzene rings is 2. The summed E-state index contributed by atoms with van der Waals surface area (Å²) < 4.78 is 14.5. The number of hydrogen-bond acceptors (Lipinski definition) is 2. The van der Waals surface area contributed by atoms with Crippen molar-refractivity contribution in [1.82, 2.24) is 5.43 Å². The van der Waals surface area contributed by atoms with Crippen LogP contribution < -0.4 is 11.3 Å². The molecule has 1 atom stereocenters. The van der Waals surface area contributed by atoms with Crippen LogP contribution in [-0.4, -0.2) is 0 Å². The third-order valence-corrected chi connectivity index (χ3v) is 4.20. The molecular weight excluding hydrogens is 366 g/mol. The topological polar surface area (TPSA) is 38.0 Å². The second-order valence-corrected chi connectivity index (χ2v) is 6.00. The molecule has 0 amide bonds. The molecule has 2 nitrogen and oxygen atoms in total. The standard InChI is InChI=1S/C14H12BrCl2FN2/c15-11-3-1-2-10(14(11)18)13(20-19)6-8-4-5-9(16)7-12(8)17/h1-5,7,13,20H,6,19H2. The summed E-state index contributed by atoms with van der Waals surface area (Å²) >= 11 is 15.2. The van der Waals surface area contributed by atoms with E-state index in [-0.39, 0.29) is 11.9 Å². The first-order chi connectivity index (χ1) is 9.52. The summed E-state index contributed by atoms with van der Waals surface area (Å²) in [5, 5.41) is 1.10. The Hall–Kier alpha value is -0.650. The van der Waals surface area contributed by atoms with Gasteiger partial charge in [-0.2, -0.15) is 0 Å². The highest BCUT2D eigenvalue weighted by atomic mass is 79.9. The fraction of sp³-hybridized carbons (Fsp3) is 0.143. The maximum atomic E-state index is 14.1. The third kappa shape index (κ3) is 3.51. The molecule has 0 aliphatic heterocycles. The van der Waals surface area contributed by atoms with Crippen LogP contribution in [0.25, 0.3) is 0 Å². The zero-order valence-corrected chi connectivity index (χ0v) is 13.4. The summed E-state index contributed by atoms with van der Waals surface area (Å²) in [6.07, 6.45) is 0.458. The van der Waals surface area contributed by atoms with Gasteiger partial charge in [0.15, 0.2) is 0 Å². The molecule has 2 aromatic rings. The van der Waals surface area contributed by atoms with Crippen LogP contribution >= 0.6 is 39.1 Å². The first-order valence-electron chi connectivity index (χ1n) is 5.87. The Balaban J connectivity index is 2.31.